The molecule has 0 spiro atoms. The second-order valence-corrected chi connectivity index (χ2v) is 6.20. The Morgan fingerprint density at radius 2 is 1.95 bits per heavy atom. The molecule has 3 heterocycles. The number of pyridine rings is 1. The predicted octanol–water partition coefficient (Wildman–Crippen LogP) is 2.06. The highest BCUT2D eigenvalue weighted by atomic mass is 35.5. The third kappa shape index (κ3) is 3.42. The molecule has 112 valence electrons. The maximum Gasteiger partial charge on any atom is 0.208 e. The molecule has 2 aromatic rings. The first-order chi connectivity index (χ1) is 10.3. The Balaban J connectivity index is 1.60. The van der Waals surface area contributed by atoms with Gasteiger partial charge in [0.2, 0.25) is 5.13 Å². The van der Waals surface area contributed by atoms with Crippen molar-refractivity contribution in [1.82, 2.24) is 15.2 Å². The summed E-state index contributed by atoms with van der Waals surface area (Å²) < 4.78 is 5.08. The molecule has 0 saturated carbocycles. The maximum atomic E-state index is 5.87. The summed E-state index contributed by atoms with van der Waals surface area (Å²) in [5.41, 5.74) is 0. The van der Waals surface area contributed by atoms with Crippen molar-refractivity contribution >= 4 is 33.9 Å². The number of hydrogen-bond donors (Lipinski definition) is 0. The zero-order valence-electron chi connectivity index (χ0n) is 11.7. The summed E-state index contributed by atoms with van der Waals surface area (Å²) in [6.45, 7) is 4.16. The first kappa shape index (κ1) is 14.5. The van der Waals surface area contributed by atoms with Crippen LogP contribution in [0.3, 0.4) is 0 Å². The van der Waals surface area contributed by atoms with Gasteiger partial charge in [-0.05, 0) is 12.1 Å². The van der Waals surface area contributed by atoms with E-state index in [1.54, 1.807) is 24.6 Å². The van der Waals surface area contributed by atoms with Gasteiger partial charge in [-0.2, -0.15) is 0 Å². The maximum absolute atomic E-state index is 5.87. The van der Waals surface area contributed by atoms with Gasteiger partial charge in [0.05, 0.1) is 5.02 Å². The van der Waals surface area contributed by atoms with Gasteiger partial charge in [-0.25, -0.2) is 4.98 Å². The average Bonchev–Trinajstić information content (AvgIpc) is 2.97. The van der Waals surface area contributed by atoms with Crippen LogP contribution < -0.4 is 9.80 Å². The first-order valence-corrected chi connectivity index (χ1v) is 7.88. The molecule has 6 nitrogen and oxygen atoms in total. The lowest BCUT2D eigenvalue weighted by Gasteiger charge is -2.34. The van der Waals surface area contributed by atoms with Gasteiger partial charge in [-0.1, -0.05) is 22.9 Å². The van der Waals surface area contributed by atoms with Crippen molar-refractivity contribution in [2.75, 3.05) is 43.1 Å². The molecule has 0 aromatic carbocycles. The molecular weight excluding hydrogens is 310 g/mol. The monoisotopic (exact) mass is 325 g/mol. The zero-order chi connectivity index (χ0) is 14.7. The van der Waals surface area contributed by atoms with Crippen molar-refractivity contribution in [1.29, 1.82) is 0 Å². The molecule has 0 amide bonds. The fraction of sp³-hybridized carbons (Fsp3) is 0.462. The van der Waals surface area contributed by atoms with E-state index in [-0.39, 0.29) is 0 Å². The molecule has 1 fully saturated rings. The molecule has 0 N–H and O–H groups in total. The van der Waals surface area contributed by atoms with Crippen molar-refractivity contribution in [2.45, 2.75) is 6.61 Å². The number of rotatable bonds is 4. The lowest BCUT2D eigenvalue weighted by Crippen LogP contribution is -2.46. The molecule has 1 aliphatic heterocycles. The third-order valence-electron chi connectivity index (χ3n) is 3.31. The number of halogens is 1. The van der Waals surface area contributed by atoms with Crippen molar-refractivity contribution in [2.24, 2.45) is 0 Å². The van der Waals surface area contributed by atoms with Gasteiger partial charge < -0.3 is 14.5 Å². The molecule has 21 heavy (non-hydrogen) atoms. The topological polar surface area (TPSA) is 54.4 Å². The number of anilines is 2. The molecule has 3 rings (SSSR count). The van der Waals surface area contributed by atoms with E-state index in [9.17, 15) is 0 Å². The predicted molar refractivity (Wildman–Crippen MR) is 84.3 cm³/mol. The van der Waals surface area contributed by atoms with E-state index in [1.165, 1.54) is 0 Å². The highest BCUT2D eigenvalue weighted by Gasteiger charge is 2.20. The number of aromatic nitrogens is 3. The number of ether oxygens (including phenoxy) is 1. The molecule has 0 bridgehead atoms. The van der Waals surface area contributed by atoms with Gasteiger partial charge in [0.25, 0.3) is 0 Å². The standard InChI is InChI=1S/C13H16ClN5OS/c1-20-9-12-16-17-13(21-12)19-6-4-18(5-7-19)11-3-2-10(14)8-15-11/h2-3,8H,4-7,9H2,1H3. The minimum absolute atomic E-state index is 0.520. The molecular formula is C13H16ClN5OS. The van der Waals surface area contributed by atoms with Gasteiger partial charge in [0.1, 0.15) is 17.4 Å². The van der Waals surface area contributed by atoms with E-state index in [1.807, 2.05) is 12.1 Å². The molecule has 0 radical (unpaired) electrons. The second-order valence-electron chi connectivity index (χ2n) is 4.72. The van der Waals surface area contributed by atoms with Crippen molar-refractivity contribution in [3.8, 4) is 0 Å². The quantitative estimate of drug-likeness (QED) is 0.857. The summed E-state index contributed by atoms with van der Waals surface area (Å²) in [5, 5.41) is 10.9. The number of piperazine rings is 1. The Hall–Kier alpha value is -1.44. The lowest BCUT2D eigenvalue weighted by atomic mass is 10.3. The molecule has 2 aromatic heterocycles. The lowest BCUT2D eigenvalue weighted by molar-refractivity contribution is 0.184. The minimum Gasteiger partial charge on any atom is -0.377 e. The molecule has 0 atom stereocenters. The highest BCUT2D eigenvalue weighted by molar-refractivity contribution is 7.15. The summed E-state index contributed by atoms with van der Waals surface area (Å²) in [6, 6.07) is 3.83. The van der Waals surface area contributed by atoms with E-state index in [0.29, 0.717) is 11.6 Å². The van der Waals surface area contributed by atoms with E-state index >= 15 is 0 Å². The molecule has 0 aliphatic carbocycles. The number of methoxy groups -OCH3 is 1. The molecule has 1 aliphatic rings. The van der Waals surface area contributed by atoms with Gasteiger partial charge in [-0.3, -0.25) is 0 Å². The van der Waals surface area contributed by atoms with E-state index in [4.69, 9.17) is 16.3 Å². The van der Waals surface area contributed by atoms with Crippen LogP contribution in [0, 0.1) is 0 Å². The van der Waals surface area contributed by atoms with Gasteiger partial charge in [-0.15, -0.1) is 10.2 Å². The highest BCUT2D eigenvalue weighted by Crippen LogP contribution is 2.23. The van der Waals surface area contributed by atoms with Crippen molar-refractivity contribution in [3.63, 3.8) is 0 Å². The van der Waals surface area contributed by atoms with Crippen LogP contribution in [0.1, 0.15) is 5.01 Å². The van der Waals surface area contributed by atoms with Crippen LogP contribution in [0.4, 0.5) is 10.9 Å². The van der Waals surface area contributed by atoms with Crippen LogP contribution in [0.15, 0.2) is 18.3 Å². The van der Waals surface area contributed by atoms with Crippen LogP contribution >= 0.6 is 22.9 Å². The van der Waals surface area contributed by atoms with Crippen LogP contribution in [-0.4, -0.2) is 48.5 Å². The Bertz CT molecular complexity index is 583. The summed E-state index contributed by atoms with van der Waals surface area (Å²) >= 11 is 7.46. The van der Waals surface area contributed by atoms with Crippen molar-refractivity contribution < 1.29 is 4.74 Å². The van der Waals surface area contributed by atoms with Crippen LogP contribution in [-0.2, 0) is 11.3 Å². The second kappa shape index (κ2) is 6.55. The fourth-order valence-corrected chi connectivity index (χ4v) is 3.21. The first-order valence-electron chi connectivity index (χ1n) is 6.69. The Morgan fingerprint density at radius 3 is 2.62 bits per heavy atom. The van der Waals surface area contributed by atoms with Crippen LogP contribution in [0.2, 0.25) is 5.02 Å². The largest absolute Gasteiger partial charge is 0.377 e. The van der Waals surface area contributed by atoms with E-state index in [2.05, 4.69) is 25.0 Å². The summed E-state index contributed by atoms with van der Waals surface area (Å²) in [4.78, 5) is 8.87. The zero-order valence-corrected chi connectivity index (χ0v) is 13.3. The summed E-state index contributed by atoms with van der Waals surface area (Å²) in [6.07, 6.45) is 1.69. The van der Waals surface area contributed by atoms with Crippen LogP contribution in [0.25, 0.3) is 0 Å². The van der Waals surface area contributed by atoms with Gasteiger partial charge in [0, 0.05) is 39.5 Å². The van der Waals surface area contributed by atoms with E-state index < -0.39 is 0 Å². The number of hydrogen-bond acceptors (Lipinski definition) is 7. The molecule has 0 unspecified atom stereocenters. The van der Waals surface area contributed by atoms with Crippen molar-refractivity contribution in [3.05, 3.63) is 28.4 Å². The molecule has 8 heteroatoms. The Labute approximate surface area is 132 Å². The molecule has 1 saturated heterocycles. The third-order valence-corrected chi connectivity index (χ3v) is 4.49. The summed E-state index contributed by atoms with van der Waals surface area (Å²) in [5.74, 6) is 0.969. The van der Waals surface area contributed by atoms with Gasteiger partial charge >= 0.3 is 0 Å². The Morgan fingerprint density at radius 1 is 1.19 bits per heavy atom. The fourth-order valence-electron chi connectivity index (χ4n) is 2.24. The van der Waals surface area contributed by atoms with Crippen LogP contribution in [0.5, 0.6) is 0 Å². The van der Waals surface area contributed by atoms with Gasteiger partial charge in [0.15, 0.2) is 0 Å². The minimum atomic E-state index is 0.520. The SMILES string of the molecule is COCc1nnc(N2CCN(c3ccc(Cl)cn3)CC2)s1. The smallest absolute Gasteiger partial charge is 0.208 e. The van der Waals surface area contributed by atoms with E-state index in [0.717, 1.165) is 42.1 Å². The normalized spacial score (nSPS) is 15.5. The summed E-state index contributed by atoms with van der Waals surface area (Å²) in [7, 11) is 1.67. The average molecular weight is 326 g/mol. The Kier molecular flexibility index (Phi) is 4.52. The number of nitrogens with zero attached hydrogens (tertiary/aromatic N) is 5.